The number of carbonyl (C=O) groups excluding carboxylic acids is 4. The highest BCUT2D eigenvalue weighted by Gasteiger charge is 2.29. The van der Waals surface area contributed by atoms with Crippen LogP contribution in [0, 0.1) is 0 Å². The number of esters is 2. The van der Waals surface area contributed by atoms with Crippen molar-refractivity contribution in [1.29, 1.82) is 0 Å². The minimum absolute atomic E-state index is 0.0611. The molecule has 2 fully saturated rings. The molecule has 14 heteroatoms. The first-order valence-corrected chi connectivity index (χ1v) is 23.7. The van der Waals surface area contributed by atoms with E-state index in [9.17, 15) is 19.2 Å². The maximum Gasteiger partial charge on any atom is 0.423 e. The smallest absolute Gasteiger partial charge is 0.416 e. The Morgan fingerprint density at radius 2 is 0.906 bits per heavy atom. The lowest BCUT2D eigenvalue weighted by atomic mass is 10.1. The van der Waals surface area contributed by atoms with Crippen molar-refractivity contribution in [2.24, 2.45) is 0 Å². The van der Waals surface area contributed by atoms with E-state index in [0.29, 0.717) is 78.5 Å². The average molecular weight is 893 g/mol. The van der Waals surface area contributed by atoms with Gasteiger partial charge in [0, 0.05) is 111 Å². The molecule has 0 saturated carbocycles. The molecule has 12 nitrogen and oxygen atoms in total. The van der Waals surface area contributed by atoms with Crippen molar-refractivity contribution in [3.8, 4) is 11.5 Å². The van der Waals surface area contributed by atoms with Crippen LogP contribution in [0.5, 0.6) is 11.5 Å². The Hall–Kier alpha value is -6.32. The number of carbonyl (C=O) groups is 4. The lowest BCUT2D eigenvalue weighted by Crippen LogP contribution is -2.48. The molecule has 4 aromatic carbocycles. The molecule has 0 bridgehead atoms. The van der Waals surface area contributed by atoms with Crippen LogP contribution in [0.1, 0.15) is 44.3 Å². The van der Waals surface area contributed by atoms with Gasteiger partial charge in [0.15, 0.2) is 11.5 Å². The predicted octanol–water partition coefficient (Wildman–Crippen LogP) is 8.49. The van der Waals surface area contributed by atoms with Crippen molar-refractivity contribution in [1.82, 2.24) is 28.7 Å². The number of ether oxygens (including phenoxy) is 2. The van der Waals surface area contributed by atoms with Crippen LogP contribution in [0.3, 0.4) is 0 Å². The molecule has 0 aliphatic carbocycles. The Balaban J connectivity index is 0.927. The van der Waals surface area contributed by atoms with Crippen LogP contribution in [0.4, 0.5) is 0 Å². The van der Waals surface area contributed by atoms with Gasteiger partial charge in [-0.05, 0) is 84.3 Å². The Morgan fingerprint density at radius 3 is 1.28 bits per heavy atom. The van der Waals surface area contributed by atoms with Crippen LogP contribution in [0.25, 0.3) is 43.6 Å². The van der Waals surface area contributed by atoms with Crippen molar-refractivity contribution in [3.63, 3.8) is 0 Å². The highest BCUT2D eigenvalue weighted by molar-refractivity contribution is 7.12. The molecule has 4 aromatic heterocycles. The fourth-order valence-corrected chi connectivity index (χ4v) is 10.9. The van der Waals surface area contributed by atoms with Crippen molar-refractivity contribution in [3.05, 3.63) is 129 Å². The highest BCUT2D eigenvalue weighted by Crippen LogP contribution is 2.39. The summed E-state index contributed by atoms with van der Waals surface area (Å²) in [4.78, 5) is 64.2. The minimum Gasteiger partial charge on any atom is -0.416 e. The van der Waals surface area contributed by atoms with E-state index in [-0.39, 0.29) is 23.3 Å². The zero-order valence-corrected chi connectivity index (χ0v) is 37.5. The molecule has 10 rings (SSSR count). The summed E-state index contributed by atoms with van der Waals surface area (Å²) in [5, 5.41) is 7.74. The molecule has 0 N–H and O–H groups in total. The maximum atomic E-state index is 14.1. The van der Waals surface area contributed by atoms with E-state index in [1.54, 1.807) is 0 Å². The molecule has 6 heterocycles. The summed E-state index contributed by atoms with van der Waals surface area (Å²) in [5.74, 6) is -1.53. The molecule has 0 radical (unpaired) electrons. The van der Waals surface area contributed by atoms with E-state index in [0.717, 1.165) is 64.5 Å². The van der Waals surface area contributed by atoms with Gasteiger partial charge in [-0.25, -0.2) is 9.59 Å². The van der Waals surface area contributed by atoms with Crippen LogP contribution in [-0.2, 0) is 35.8 Å². The van der Waals surface area contributed by atoms with Gasteiger partial charge in [-0.2, -0.15) is 0 Å². The van der Waals surface area contributed by atoms with Gasteiger partial charge in [-0.15, -0.1) is 22.7 Å². The number of benzene rings is 4. The normalized spacial score (nSPS) is 15.2. The molecule has 2 saturated heterocycles. The summed E-state index contributed by atoms with van der Waals surface area (Å²) in [6.45, 7) is 11.7. The SMILES string of the molecule is CCn1c2ccccc2c2cc(CN3CCN(C(=O)c4cccs4)CC3)cc(OC(=O)C(=O)Oc3cc(CN4CCN(C(=O)c5cccs5)CC4)cc4c5ccccc5n(CC)c34)c21. The summed E-state index contributed by atoms with van der Waals surface area (Å²) in [5.41, 5.74) is 5.32. The van der Waals surface area contributed by atoms with Gasteiger partial charge in [0.05, 0.1) is 20.8 Å². The molecule has 8 aromatic rings. The predicted molar refractivity (Wildman–Crippen MR) is 253 cm³/mol. The quantitative estimate of drug-likeness (QED) is 0.0765. The number of thiophene rings is 2. The number of hydrogen-bond acceptors (Lipinski definition) is 10. The van der Waals surface area contributed by atoms with Gasteiger partial charge in [-0.1, -0.05) is 48.5 Å². The average Bonchev–Trinajstić information content (AvgIpc) is 4.16. The zero-order chi connectivity index (χ0) is 43.9. The molecule has 0 spiro atoms. The number of fused-ring (bicyclic) bond motifs is 6. The fraction of sp³-hybridized carbons (Fsp3) is 0.280. The largest absolute Gasteiger partial charge is 0.423 e. The van der Waals surface area contributed by atoms with Gasteiger partial charge >= 0.3 is 11.9 Å². The first-order valence-electron chi connectivity index (χ1n) is 21.9. The number of para-hydroxylation sites is 2. The van der Waals surface area contributed by atoms with Crippen LogP contribution in [0.2, 0.25) is 0 Å². The number of rotatable bonds is 10. The van der Waals surface area contributed by atoms with Crippen molar-refractivity contribution >= 4 is 90.0 Å². The number of piperazine rings is 2. The number of hydrogen-bond donors (Lipinski definition) is 0. The second-order valence-electron chi connectivity index (χ2n) is 16.4. The molecule has 64 heavy (non-hydrogen) atoms. The van der Waals surface area contributed by atoms with Crippen molar-refractivity contribution < 1.29 is 28.7 Å². The van der Waals surface area contributed by atoms with Gasteiger partial charge in [-0.3, -0.25) is 19.4 Å². The van der Waals surface area contributed by atoms with E-state index >= 15 is 0 Å². The fourth-order valence-electron chi connectivity index (χ4n) is 9.54. The van der Waals surface area contributed by atoms with Crippen LogP contribution < -0.4 is 9.47 Å². The third-order valence-corrected chi connectivity index (χ3v) is 14.3. The van der Waals surface area contributed by atoms with Gasteiger partial charge < -0.3 is 28.4 Å². The molecule has 0 unspecified atom stereocenters. The minimum atomic E-state index is -1.11. The van der Waals surface area contributed by atoms with Gasteiger partial charge in [0.25, 0.3) is 11.8 Å². The maximum absolute atomic E-state index is 14.1. The standard InChI is InChI=1S/C50H48N6O6S2/c1-3-55-39-13-7-5-11-35(39)37-27-33(31-51-17-21-53(22-18-51)47(57)43-15-9-25-63-43)29-41(45(37)55)61-49(59)50(60)62-42-30-34(28-38-36-12-6-8-14-40(36)56(4-2)46(38)42)32-52-19-23-54(24-20-52)48(58)44-16-10-26-64-44/h5-16,25-30H,3-4,17-24,31-32H2,1-2H3. The second kappa shape index (κ2) is 17.7. The Labute approximate surface area is 378 Å². The molecule has 2 amide bonds. The van der Waals surface area contributed by atoms with Gasteiger partial charge in [0.1, 0.15) is 0 Å². The number of nitrogens with zero attached hydrogens (tertiary/aromatic N) is 6. The summed E-state index contributed by atoms with van der Waals surface area (Å²) in [6, 6.07) is 31.8. The summed E-state index contributed by atoms with van der Waals surface area (Å²) >= 11 is 2.92. The van der Waals surface area contributed by atoms with E-state index in [1.165, 1.54) is 22.7 Å². The first-order chi connectivity index (χ1) is 31.3. The molecule has 2 aliphatic heterocycles. The van der Waals surface area contributed by atoms with E-state index in [1.807, 2.05) is 95.1 Å². The van der Waals surface area contributed by atoms with Gasteiger partial charge in [0.2, 0.25) is 0 Å². The van der Waals surface area contributed by atoms with Crippen LogP contribution in [0.15, 0.2) is 108 Å². The third kappa shape index (κ3) is 7.84. The summed E-state index contributed by atoms with van der Waals surface area (Å²) < 4.78 is 16.5. The molecule has 2 aliphatic rings. The number of aryl methyl sites for hydroxylation is 2. The second-order valence-corrected chi connectivity index (χ2v) is 18.3. The van der Waals surface area contributed by atoms with E-state index in [2.05, 4.69) is 55.3 Å². The van der Waals surface area contributed by atoms with Crippen molar-refractivity contribution in [2.75, 3.05) is 52.4 Å². The van der Waals surface area contributed by atoms with Crippen molar-refractivity contribution in [2.45, 2.75) is 40.0 Å². The van der Waals surface area contributed by atoms with Crippen LogP contribution in [-0.4, -0.2) is 105 Å². The molecule has 326 valence electrons. The lowest BCUT2D eigenvalue weighted by Gasteiger charge is -2.34. The van der Waals surface area contributed by atoms with Crippen LogP contribution >= 0.6 is 22.7 Å². The van der Waals surface area contributed by atoms with E-state index in [4.69, 9.17) is 9.47 Å². The third-order valence-electron chi connectivity index (χ3n) is 12.6. The topological polar surface area (TPSA) is 110 Å². The molecule has 0 atom stereocenters. The Morgan fingerprint density at radius 1 is 0.500 bits per heavy atom. The lowest BCUT2D eigenvalue weighted by molar-refractivity contribution is -0.156. The summed E-state index contributed by atoms with van der Waals surface area (Å²) in [6.07, 6.45) is 0. The summed E-state index contributed by atoms with van der Waals surface area (Å²) in [7, 11) is 0. The Kier molecular flexibility index (Phi) is 11.5. The highest BCUT2D eigenvalue weighted by atomic mass is 32.1. The monoisotopic (exact) mass is 892 g/mol. The number of amides is 2. The zero-order valence-electron chi connectivity index (χ0n) is 35.8. The number of aromatic nitrogens is 2. The van der Waals surface area contributed by atoms with E-state index < -0.39 is 11.9 Å². The Bertz CT molecular complexity index is 2840. The molecular formula is C50H48N6O6S2. The first kappa shape index (κ1) is 41.7. The molecular weight excluding hydrogens is 845 g/mol.